The first-order chi connectivity index (χ1) is 12.8. The Balaban J connectivity index is -0.0000000322. The van der Waals surface area contributed by atoms with Crippen LogP contribution in [0.2, 0.25) is 0 Å². The van der Waals surface area contributed by atoms with E-state index in [9.17, 15) is 0 Å². The van der Waals surface area contributed by atoms with Crippen LogP contribution < -0.4 is 0 Å². The van der Waals surface area contributed by atoms with Crippen molar-refractivity contribution in [3.05, 3.63) is 66.0 Å². The van der Waals surface area contributed by atoms with Gasteiger partial charge >= 0.3 is 0 Å². The first kappa shape index (κ1) is 51.0. The van der Waals surface area contributed by atoms with E-state index in [2.05, 4.69) is 50.1 Å². The van der Waals surface area contributed by atoms with Crippen LogP contribution in [0.3, 0.4) is 0 Å². The first-order valence-electron chi connectivity index (χ1n) is 9.68. The summed E-state index contributed by atoms with van der Waals surface area (Å²) in [6.45, 7) is 22.2. The molecule has 0 spiro atoms. The van der Waals surface area contributed by atoms with Crippen LogP contribution in [-0.2, 0) is 71.8 Å². The molecule has 0 atom stereocenters. The normalized spacial score (nSPS) is 7.61. The summed E-state index contributed by atoms with van der Waals surface area (Å²) in [5.74, 6) is 0. The van der Waals surface area contributed by atoms with Gasteiger partial charge in [-0.3, -0.25) is 0 Å². The van der Waals surface area contributed by atoms with Crippen molar-refractivity contribution >= 4 is 6.08 Å². The average Bonchev–Trinajstić information content (AvgIpc) is 3.17. The van der Waals surface area contributed by atoms with Gasteiger partial charge in [0.1, 0.15) is 0 Å². The summed E-state index contributed by atoms with van der Waals surface area (Å²) in [5, 5.41) is 0. The van der Waals surface area contributed by atoms with Gasteiger partial charge in [0.2, 0.25) is 0 Å². The monoisotopic (exact) mass is 534 g/mol. The Kier molecular flexibility index (Phi) is 115. The van der Waals surface area contributed by atoms with Gasteiger partial charge in [-0.2, -0.15) is 0 Å². The predicted molar refractivity (Wildman–Crippen MR) is 126 cm³/mol. The van der Waals surface area contributed by atoms with Crippen LogP contribution in [0.4, 0.5) is 0 Å². The van der Waals surface area contributed by atoms with Gasteiger partial charge in [-0.15, -0.1) is 0 Å². The van der Waals surface area contributed by atoms with Gasteiger partial charge in [-0.25, -0.2) is 0 Å². The zero-order valence-electron chi connectivity index (χ0n) is 20.6. The molecule has 0 N–H and O–H groups in total. The number of hydrogen-bond donors (Lipinski definition) is 0. The molecule has 0 saturated carbocycles. The molecule has 1 aromatic rings. The van der Waals surface area contributed by atoms with Crippen LogP contribution in [0.5, 0.6) is 0 Å². The van der Waals surface area contributed by atoms with E-state index in [0.717, 1.165) is 6.42 Å². The third-order valence-electron chi connectivity index (χ3n) is 2.26. The fourth-order valence-corrected chi connectivity index (χ4v) is 1.45. The molecule has 0 heterocycles. The summed E-state index contributed by atoms with van der Waals surface area (Å²) < 4.78 is 0. The van der Waals surface area contributed by atoms with Gasteiger partial charge < -0.3 is 25.7 Å². The van der Waals surface area contributed by atoms with E-state index in [1.54, 1.807) is 0 Å². The number of rotatable bonds is 0. The van der Waals surface area contributed by atoms with E-state index in [0.29, 0.717) is 0 Å². The summed E-state index contributed by atoms with van der Waals surface area (Å²) in [6.07, 6.45) is 25.4. The maximum atomic E-state index is 5.25. The van der Waals surface area contributed by atoms with E-state index in [4.69, 9.17) is 12.8 Å². The molecule has 0 fully saturated rings. The maximum Gasteiger partial charge on any atom is 0 e. The number of hydrogen-bond acceptors (Lipinski definition) is 0. The van der Waals surface area contributed by atoms with Crippen molar-refractivity contribution < 1.29 is 65.4 Å². The van der Waals surface area contributed by atoms with Crippen molar-refractivity contribution in [3.8, 4) is 12.8 Å². The molecule has 1 aromatic carbocycles. The second-order valence-corrected chi connectivity index (χ2v) is 3.53. The van der Waals surface area contributed by atoms with Gasteiger partial charge in [-0.1, -0.05) is 103 Å². The quantitative estimate of drug-likeness (QED) is 0.177. The van der Waals surface area contributed by atoms with Crippen molar-refractivity contribution in [1.82, 2.24) is 0 Å². The van der Waals surface area contributed by atoms with Crippen LogP contribution >= 0.6 is 0 Å². The van der Waals surface area contributed by atoms with Crippen molar-refractivity contribution in [1.29, 1.82) is 0 Å². The van der Waals surface area contributed by atoms with E-state index in [1.165, 1.54) is 16.7 Å². The van der Waals surface area contributed by atoms with Gasteiger partial charge in [-0.05, 0) is 38.3 Å². The molecular formula is C26H44Y2-2. The van der Waals surface area contributed by atoms with Gasteiger partial charge in [0.05, 0.1) is 0 Å². The smallest absolute Gasteiger partial charge is 0 e. The molecule has 0 unspecified atom stereocenters. The van der Waals surface area contributed by atoms with Crippen LogP contribution in [-0.4, -0.2) is 0 Å². The Bertz CT molecular complexity index is 414. The zero-order chi connectivity index (χ0) is 22.4. The third kappa shape index (κ3) is 40.6. The minimum absolute atomic E-state index is 0. The van der Waals surface area contributed by atoms with Crippen molar-refractivity contribution in [2.24, 2.45) is 0 Å². The Morgan fingerprint density at radius 2 is 1.04 bits per heavy atom. The Morgan fingerprint density at radius 3 is 1.32 bits per heavy atom. The molecule has 0 nitrogen and oxygen atoms in total. The maximum absolute atomic E-state index is 5.25. The van der Waals surface area contributed by atoms with Crippen LogP contribution in [0.15, 0.2) is 42.0 Å². The summed E-state index contributed by atoms with van der Waals surface area (Å²) in [6, 6.07) is 8.56. The van der Waals surface area contributed by atoms with Crippen LogP contribution in [0.1, 0.15) is 87.3 Å². The summed E-state index contributed by atoms with van der Waals surface area (Å²) in [5.41, 5.74) is 4.35. The third-order valence-corrected chi connectivity index (χ3v) is 2.26. The van der Waals surface area contributed by atoms with Crippen molar-refractivity contribution in [3.63, 3.8) is 0 Å². The van der Waals surface area contributed by atoms with Gasteiger partial charge in [0, 0.05) is 65.4 Å². The number of terminal acetylenes is 2. The largest absolute Gasteiger partial charge is 0.697 e. The summed E-state index contributed by atoms with van der Waals surface area (Å²) >= 11 is 0. The van der Waals surface area contributed by atoms with Gasteiger partial charge in [0.25, 0.3) is 0 Å². The molecule has 2 radical (unpaired) electrons. The minimum Gasteiger partial charge on any atom is -0.697 e. The number of allylic oxidation sites excluding steroid dienone is 3. The standard InChI is InChI=1S/C10H10.C4H8.4C2H6.2C2H.2Y/c1-8-6-9-4-2-3-5-10(9)7-8;1-3-4-2;6*1-2;;/h2-6H,7H2,1H3;3-4H,1-2H3;4*1-2H3;2*1H;;/q;;;;;;2*-1;;/b;4-3+;;;;;;;;. The van der Waals surface area contributed by atoms with Crippen LogP contribution in [0, 0.1) is 25.7 Å². The van der Waals surface area contributed by atoms with E-state index < -0.39 is 0 Å². The fraction of sp³-hybridized carbons (Fsp3) is 0.462. The zero-order valence-corrected chi connectivity index (χ0v) is 26.2. The molecular weight excluding hydrogens is 490 g/mol. The molecule has 0 aliphatic heterocycles. The molecule has 0 saturated heterocycles. The Morgan fingerprint density at radius 1 is 0.714 bits per heavy atom. The molecule has 156 valence electrons. The fourth-order valence-electron chi connectivity index (χ4n) is 1.45. The molecule has 0 bridgehead atoms. The van der Waals surface area contributed by atoms with E-state index >= 15 is 0 Å². The number of fused-ring (bicyclic) bond motifs is 1. The molecule has 1 aliphatic carbocycles. The van der Waals surface area contributed by atoms with Crippen molar-refractivity contribution in [2.45, 2.75) is 82.6 Å². The Labute approximate surface area is 230 Å². The molecule has 28 heavy (non-hydrogen) atoms. The molecule has 2 rings (SSSR count). The molecule has 0 aromatic heterocycles. The SMILES string of the molecule is C/C=C/C.CC.CC.CC.CC.CC1=Cc2ccccc2C1.[C-]#C.[C-]#C.[Y].[Y]. The predicted octanol–water partition coefficient (Wildman–Crippen LogP) is 8.74. The Hall–Kier alpha value is 0.0278. The minimum atomic E-state index is 0. The summed E-state index contributed by atoms with van der Waals surface area (Å²) in [7, 11) is 0. The van der Waals surface area contributed by atoms with Crippen molar-refractivity contribution in [2.75, 3.05) is 0 Å². The first-order valence-corrected chi connectivity index (χ1v) is 9.68. The van der Waals surface area contributed by atoms with Gasteiger partial charge in [0.15, 0.2) is 0 Å². The number of benzene rings is 1. The second-order valence-electron chi connectivity index (χ2n) is 3.53. The van der Waals surface area contributed by atoms with Crippen LogP contribution in [0.25, 0.3) is 6.08 Å². The summed E-state index contributed by atoms with van der Waals surface area (Å²) in [4.78, 5) is 0. The molecule has 2 heteroatoms. The average molecular weight is 534 g/mol. The molecule has 0 amide bonds. The molecule has 1 aliphatic rings. The second kappa shape index (κ2) is 63.1. The van der Waals surface area contributed by atoms with E-state index in [1.807, 2.05) is 81.4 Å². The van der Waals surface area contributed by atoms with E-state index in [-0.39, 0.29) is 65.4 Å². The topological polar surface area (TPSA) is 0 Å².